The van der Waals surface area contributed by atoms with E-state index in [1.807, 2.05) is 24.3 Å². The summed E-state index contributed by atoms with van der Waals surface area (Å²) in [5.41, 5.74) is 0.720. The highest BCUT2D eigenvalue weighted by atomic mass is 16.5. The Balaban J connectivity index is 1.71. The minimum Gasteiger partial charge on any atom is -0.497 e. The summed E-state index contributed by atoms with van der Waals surface area (Å²) in [6.45, 7) is 6.02. The van der Waals surface area contributed by atoms with E-state index >= 15 is 0 Å². The summed E-state index contributed by atoms with van der Waals surface area (Å²) >= 11 is 0. The molecule has 2 saturated heterocycles. The molecule has 0 bridgehead atoms. The maximum atomic E-state index is 13.0. The number of hydrogen-bond donors (Lipinski definition) is 1. The Bertz CT molecular complexity index is 523. The average Bonchev–Trinajstić information content (AvgIpc) is 3.28. The van der Waals surface area contributed by atoms with Crippen molar-refractivity contribution >= 4 is 5.91 Å². The first-order valence-corrected chi connectivity index (χ1v) is 8.66. The van der Waals surface area contributed by atoms with Crippen LogP contribution in [0, 0.1) is 0 Å². The van der Waals surface area contributed by atoms with Crippen LogP contribution in [0.15, 0.2) is 24.3 Å². The van der Waals surface area contributed by atoms with Gasteiger partial charge in [-0.2, -0.15) is 0 Å². The molecule has 1 N–H and O–H groups in total. The van der Waals surface area contributed by atoms with Crippen LogP contribution in [0.3, 0.4) is 0 Å². The molecule has 3 rings (SSSR count). The highest BCUT2D eigenvalue weighted by Gasteiger charge is 2.28. The van der Waals surface area contributed by atoms with Gasteiger partial charge in [0.2, 0.25) is 0 Å². The van der Waals surface area contributed by atoms with E-state index in [1.54, 1.807) is 7.11 Å². The molecule has 0 aliphatic carbocycles. The number of nitrogens with zero attached hydrogens (tertiary/aromatic N) is 2. The van der Waals surface area contributed by atoms with Crippen LogP contribution in [-0.2, 0) is 0 Å². The van der Waals surface area contributed by atoms with Crippen molar-refractivity contribution in [3.8, 4) is 5.75 Å². The molecule has 1 amide bonds. The number of benzene rings is 1. The molecule has 0 radical (unpaired) electrons. The smallest absolute Gasteiger partial charge is 0.254 e. The predicted octanol–water partition coefficient (Wildman–Crippen LogP) is 1.60. The van der Waals surface area contributed by atoms with Gasteiger partial charge in [0, 0.05) is 31.2 Å². The Labute approximate surface area is 138 Å². The van der Waals surface area contributed by atoms with Crippen molar-refractivity contribution in [1.82, 2.24) is 15.1 Å². The molecule has 5 heteroatoms. The van der Waals surface area contributed by atoms with Gasteiger partial charge in [-0.05, 0) is 57.1 Å². The molecular formula is C18H27N3O2. The second-order valence-corrected chi connectivity index (χ2v) is 6.43. The zero-order chi connectivity index (χ0) is 16.1. The lowest BCUT2D eigenvalue weighted by Crippen LogP contribution is -2.45. The Kier molecular flexibility index (Phi) is 5.51. The van der Waals surface area contributed by atoms with Gasteiger partial charge in [0.25, 0.3) is 5.91 Å². The zero-order valence-corrected chi connectivity index (χ0v) is 14.0. The van der Waals surface area contributed by atoms with Crippen LogP contribution in [0.25, 0.3) is 0 Å². The molecule has 126 valence electrons. The van der Waals surface area contributed by atoms with Crippen LogP contribution in [0.1, 0.15) is 29.6 Å². The van der Waals surface area contributed by atoms with Crippen LogP contribution in [0.2, 0.25) is 0 Å². The molecule has 2 heterocycles. The molecule has 1 aromatic rings. The predicted molar refractivity (Wildman–Crippen MR) is 91.0 cm³/mol. The van der Waals surface area contributed by atoms with Crippen molar-refractivity contribution in [2.24, 2.45) is 0 Å². The van der Waals surface area contributed by atoms with Gasteiger partial charge in [0.1, 0.15) is 5.75 Å². The van der Waals surface area contributed by atoms with Crippen molar-refractivity contribution in [2.75, 3.05) is 46.4 Å². The molecular weight excluding hydrogens is 290 g/mol. The van der Waals surface area contributed by atoms with E-state index in [4.69, 9.17) is 4.74 Å². The van der Waals surface area contributed by atoms with Crippen LogP contribution < -0.4 is 10.1 Å². The minimum absolute atomic E-state index is 0.122. The standard InChI is InChI=1S/C18H27N3O2/c1-23-17-6-4-5-15(13-17)18(22)21(16-7-8-19-14-16)12-11-20-9-2-3-10-20/h4-6,13,16,19H,2-3,7-12,14H2,1H3. The lowest BCUT2D eigenvalue weighted by molar-refractivity contribution is 0.0672. The van der Waals surface area contributed by atoms with Gasteiger partial charge in [0.15, 0.2) is 0 Å². The summed E-state index contributed by atoms with van der Waals surface area (Å²) in [6, 6.07) is 7.79. The van der Waals surface area contributed by atoms with Gasteiger partial charge in [-0.25, -0.2) is 0 Å². The van der Waals surface area contributed by atoms with E-state index in [0.29, 0.717) is 6.04 Å². The van der Waals surface area contributed by atoms with Crippen LogP contribution in [-0.4, -0.2) is 68.1 Å². The number of hydrogen-bond acceptors (Lipinski definition) is 4. The third kappa shape index (κ3) is 4.03. The van der Waals surface area contributed by atoms with Gasteiger partial charge < -0.3 is 19.9 Å². The Morgan fingerprint density at radius 2 is 2.22 bits per heavy atom. The first kappa shape index (κ1) is 16.3. The number of amides is 1. The van der Waals surface area contributed by atoms with E-state index in [1.165, 1.54) is 25.9 Å². The molecule has 1 unspecified atom stereocenters. The molecule has 1 aromatic carbocycles. The number of ether oxygens (including phenoxy) is 1. The molecule has 5 nitrogen and oxygen atoms in total. The van der Waals surface area contributed by atoms with E-state index in [-0.39, 0.29) is 5.91 Å². The molecule has 2 aliphatic rings. The number of likely N-dealkylation sites (tertiary alicyclic amines) is 1. The summed E-state index contributed by atoms with van der Waals surface area (Å²) in [5, 5.41) is 3.38. The van der Waals surface area contributed by atoms with E-state index in [0.717, 1.165) is 43.9 Å². The monoisotopic (exact) mass is 317 g/mol. The summed E-state index contributed by atoms with van der Waals surface area (Å²) in [7, 11) is 1.63. The molecule has 1 atom stereocenters. The normalized spacial score (nSPS) is 21.5. The van der Waals surface area contributed by atoms with Crippen LogP contribution in [0.4, 0.5) is 0 Å². The van der Waals surface area contributed by atoms with Crippen molar-refractivity contribution in [3.05, 3.63) is 29.8 Å². The van der Waals surface area contributed by atoms with E-state index in [2.05, 4.69) is 15.1 Å². The van der Waals surface area contributed by atoms with Gasteiger partial charge in [0.05, 0.1) is 7.11 Å². The lowest BCUT2D eigenvalue weighted by atomic mass is 10.1. The van der Waals surface area contributed by atoms with Crippen molar-refractivity contribution < 1.29 is 9.53 Å². The molecule has 0 aromatic heterocycles. The second-order valence-electron chi connectivity index (χ2n) is 6.43. The van der Waals surface area contributed by atoms with E-state index in [9.17, 15) is 4.79 Å². The van der Waals surface area contributed by atoms with Crippen LogP contribution >= 0.6 is 0 Å². The lowest BCUT2D eigenvalue weighted by Gasteiger charge is -2.30. The molecule has 23 heavy (non-hydrogen) atoms. The quantitative estimate of drug-likeness (QED) is 0.865. The number of rotatable bonds is 6. The SMILES string of the molecule is COc1cccc(C(=O)N(CCN2CCCC2)C2CCNC2)c1. The third-order valence-electron chi connectivity index (χ3n) is 4.91. The highest BCUT2D eigenvalue weighted by Crippen LogP contribution is 2.18. The number of carbonyl (C=O) groups excluding carboxylic acids is 1. The number of nitrogens with one attached hydrogen (secondary N) is 1. The molecule has 2 aliphatic heterocycles. The topological polar surface area (TPSA) is 44.8 Å². The maximum absolute atomic E-state index is 13.0. The molecule has 0 saturated carbocycles. The Morgan fingerprint density at radius 1 is 1.39 bits per heavy atom. The third-order valence-corrected chi connectivity index (χ3v) is 4.91. The van der Waals surface area contributed by atoms with Crippen molar-refractivity contribution in [1.29, 1.82) is 0 Å². The van der Waals surface area contributed by atoms with Gasteiger partial charge in [-0.1, -0.05) is 6.07 Å². The number of methoxy groups -OCH3 is 1. The van der Waals surface area contributed by atoms with Gasteiger partial charge in [-0.15, -0.1) is 0 Å². The number of carbonyl (C=O) groups is 1. The summed E-state index contributed by atoms with van der Waals surface area (Å²) < 4.78 is 5.26. The maximum Gasteiger partial charge on any atom is 0.254 e. The summed E-state index contributed by atoms with van der Waals surface area (Å²) in [5.74, 6) is 0.858. The summed E-state index contributed by atoms with van der Waals surface area (Å²) in [6.07, 6.45) is 3.61. The van der Waals surface area contributed by atoms with Crippen molar-refractivity contribution in [2.45, 2.75) is 25.3 Å². The van der Waals surface area contributed by atoms with E-state index < -0.39 is 0 Å². The molecule has 2 fully saturated rings. The fourth-order valence-electron chi connectivity index (χ4n) is 3.53. The fourth-order valence-corrected chi connectivity index (χ4v) is 3.53. The summed E-state index contributed by atoms with van der Waals surface area (Å²) in [4.78, 5) is 17.6. The van der Waals surface area contributed by atoms with Crippen molar-refractivity contribution in [3.63, 3.8) is 0 Å². The fraction of sp³-hybridized carbons (Fsp3) is 0.611. The Morgan fingerprint density at radius 3 is 2.91 bits per heavy atom. The van der Waals surface area contributed by atoms with Crippen LogP contribution in [0.5, 0.6) is 5.75 Å². The largest absolute Gasteiger partial charge is 0.497 e. The zero-order valence-electron chi connectivity index (χ0n) is 14.0. The highest BCUT2D eigenvalue weighted by molar-refractivity contribution is 5.94. The first-order chi connectivity index (χ1) is 11.3. The average molecular weight is 317 g/mol. The Hall–Kier alpha value is -1.59. The first-order valence-electron chi connectivity index (χ1n) is 8.66. The minimum atomic E-state index is 0.122. The van der Waals surface area contributed by atoms with Gasteiger partial charge >= 0.3 is 0 Å². The van der Waals surface area contributed by atoms with Gasteiger partial charge in [-0.3, -0.25) is 4.79 Å². The molecule has 0 spiro atoms. The second kappa shape index (κ2) is 7.79.